The second-order valence-corrected chi connectivity index (χ2v) is 5.71. The molecule has 0 spiro atoms. The van der Waals surface area contributed by atoms with Crippen LogP contribution in [0, 0.1) is 0 Å². The van der Waals surface area contributed by atoms with E-state index in [1.165, 1.54) is 0 Å². The van der Waals surface area contributed by atoms with Gasteiger partial charge in [-0.3, -0.25) is 0 Å². The number of piperidine rings is 1. The molecule has 5 heteroatoms. The zero-order valence-corrected chi connectivity index (χ0v) is 8.52. The van der Waals surface area contributed by atoms with Crippen molar-refractivity contribution in [3.8, 4) is 0 Å². The van der Waals surface area contributed by atoms with E-state index in [1.54, 1.807) is 0 Å². The molecule has 0 aromatic carbocycles. The molecule has 0 aromatic rings. The molecule has 2 N–H and O–H groups in total. The summed E-state index contributed by atoms with van der Waals surface area (Å²) < 4.78 is 22.6. The Hall–Kier alpha value is -0.130. The lowest BCUT2D eigenvalue weighted by atomic mass is 10.1. The smallest absolute Gasteiger partial charge is 0.154 e. The minimum Gasteiger partial charge on any atom is -0.395 e. The summed E-state index contributed by atoms with van der Waals surface area (Å²) in [5.41, 5.74) is 0. The number of aliphatic hydroxyl groups is 1. The fraction of sp³-hybridized carbons (Fsp3) is 1.00. The van der Waals surface area contributed by atoms with Crippen LogP contribution in [-0.2, 0) is 9.84 Å². The lowest BCUT2D eigenvalue weighted by Gasteiger charge is -2.22. The van der Waals surface area contributed by atoms with Gasteiger partial charge in [-0.05, 0) is 19.4 Å². The molecule has 1 unspecified atom stereocenters. The molecule has 1 heterocycles. The lowest BCUT2D eigenvalue weighted by molar-refractivity contribution is 0.319. The van der Waals surface area contributed by atoms with Crippen LogP contribution in [0.4, 0.5) is 0 Å². The zero-order chi connectivity index (χ0) is 9.73. The largest absolute Gasteiger partial charge is 0.395 e. The van der Waals surface area contributed by atoms with Crippen LogP contribution in [0.1, 0.15) is 19.3 Å². The quantitative estimate of drug-likeness (QED) is 0.654. The van der Waals surface area contributed by atoms with E-state index in [0.29, 0.717) is 0 Å². The first-order valence-electron chi connectivity index (χ1n) is 4.69. The molecule has 1 atom stereocenters. The Labute approximate surface area is 79.3 Å². The molecule has 0 amide bonds. The Morgan fingerprint density at radius 2 is 2.15 bits per heavy atom. The minimum atomic E-state index is -3.04. The maximum Gasteiger partial charge on any atom is 0.154 e. The number of nitrogens with one attached hydrogen (secondary N) is 1. The molecule has 0 saturated carbocycles. The summed E-state index contributed by atoms with van der Waals surface area (Å²) in [5.74, 6) is 0.0682. The number of hydrogen-bond donors (Lipinski definition) is 2. The Kier molecular flexibility index (Phi) is 4.15. The van der Waals surface area contributed by atoms with Crippen molar-refractivity contribution in [3.63, 3.8) is 0 Å². The standard InChI is InChI=1S/C8H17NO3S/c10-5-6-13(11,12)7-8-3-1-2-4-9-8/h8-10H,1-7H2. The fourth-order valence-electron chi connectivity index (χ4n) is 1.60. The van der Waals surface area contributed by atoms with Gasteiger partial charge in [0.25, 0.3) is 0 Å². The average Bonchev–Trinajstić information content (AvgIpc) is 2.04. The number of rotatable bonds is 4. The summed E-state index contributed by atoms with van der Waals surface area (Å²) in [7, 11) is -3.04. The molecule has 0 bridgehead atoms. The lowest BCUT2D eigenvalue weighted by Crippen LogP contribution is -2.40. The van der Waals surface area contributed by atoms with Gasteiger partial charge in [0.1, 0.15) is 0 Å². The highest BCUT2D eigenvalue weighted by atomic mass is 32.2. The first-order valence-corrected chi connectivity index (χ1v) is 6.51. The molecule has 0 aliphatic carbocycles. The first kappa shape index (κ1) is 10.9. The van der Waals surface area contributed by atoms with Crippen molar-refractivity contribution in [2.45, 2.75) is 25.3 Å². The van der Waals surface area contributed by atoms with Gasteiger partial charge >= 0.3 is 0 Å². The molecule has 1 rings (SSSR count). The highest BCUT2D eigenvalue weighted by Crippen LogP contribution is 2.09. The van der Waals surface area contributed by atoms with Crippen molar-refractivity contribution in [2.75, 3.05) is 24.7 Å². The van der Waals surface area contributed by atoms with Crippen LogP contribution in [0.3, 0.4) is 0 Å². The summed E-state index contributed by atoms with van der Waals surface area (Å²) in [4.78, 5) is 0. The summed E-state index contributed by atoms with van der Waals surface area (Å²) in [6, 6.07) is 0.102. The van der Waals surface area contributed by atoms with Crippen molar-refractivity contribution >= 4 is 9.84 Å². The van der Waals surface area contributed by atoms with Crippen molar-refractivity contribution < 1.29 is 13.5 Å². The van der Waals surface area contributed by atoms with E-state index >= 15 is 0 Å². The molecule has 0 aromatic heterocycles. The molecule has 4 nitrogen and oxygen atoms in total. The number of sulfone groups is 1. The van der Waals surface area contributed by atoms with Gasteiger partial charge in [-0.2, -0.15) is 0 Å². The third kappa shape index (κ3) is 4.06. The summed E-state index contributed by atoms with van der Waals surface area (Å²) in [5, 5.41) is 11.7. The van der Waals surface area contributed by atoms with Crippen LogP contribution < -0.4 is 5.32 Å². The van der Waals surface area contributed by atoms with Gasteiger partial charge in [-0.15, -0.1) is 0 Å². The number of aliphatic hydroxyl groups excluding tert-OH is 1. The topological polar surface area (TPSA) is 66.4 Å². The third-order valence-electron chi connectivity index (χ3n) is 2.27. The van der Waals surface area contributed by atoms with E-state index in [4.69, 9.17) is 5.11 Å². The molecule has 1 saturated heterocycles. The van der Waals surface area contributed by atoms with Crippen LogP contribution in [0.2, 0.25) is 0 Å². The van der Waals surface area contributed by atoms with E-state index in [1.807, 2.05) is 0 Å². The predicted octanol–water partition coefficient (Wildman–Crippen LogP) is -0.464. The summed E-state index contributed by atoms with van der Waals surface area (Å²) in [6.07, 6.45) is 3.17. The maximum absolute atomic E-state index is 11.3. The Bertz CT molecular complexity index is 232. The third-order valence-corrected chi connectivity index (χ3v) is 3.98. The fourth-order valence-corrected chi connectivity index (χ4v) is 2.94. The zero-order valence-electron chi connectivity index (χ0n) is 7.70. The second-order valence-electron chi connectivity index (χ2n) is 3.48. The van der Waals surface area contributed by atoms with Crippen molar-refractivity contribution in [1.29, 1.82) is 0 Å². The van der Waals surface area contributed by atoms with Gasteiger partial charge < -0.3 is 10.4 Å². The van der Waals surface area contributed by atoms with Crippen LogP contribution in [0.5, 0.6) is 0 Å². The van der Waals surface area contributed by atoms with Gasteiger partial charge in [0.2, 0.25) is 0 Å². The molecule has 1 aliphatic heterocycles. The van der Waals surface area contributed by atoms with E-state index in [0.717, 1.165) is 25.8 Å². The Morgan fingerprint density at radius 3 is 2.69 bits per heavy atom. The molecule has 1 aliphatic rings. The Morgan fingerprint density at radius 1 is 1.38 bits per heavy atom. The van der Waals surface area contributed by atoms with E-state index in [9.17, 15) is 8.42 Å². The van der Waals surface area contributed by atoms with Crippen LogP contribution >= 0.6 is 0 Å². The molecular weight excluding hydrogens is 190 g/mol. The predicted molar refractivity (Wildman–Crippen MR) is 51.4 cm³/mol. The van der Waals surface area contributed by atoms with Crippen LogP contribution in [0.25, 0.3) is 0 Å². The van der Waals surface area contributed by atoms with Gasteiger partial charge in [-0.25, -0.2) is 8.42 Å². The van der Waals surface area contributed by atoms with Gasteiger partial charge in [-0.1, -0.05) is 6.42 Å². The van der Waals surface area contributed by atoms with Crippen molar-refractivity contribution in [1.82, 2.24) is 5.32 Å². The number of hydrogen-bond acceptors (Lipinski definition) is 4. The molecule has 13 heavy (non-hydrogen) atoms. The van der Waals surface area contributed by atoms with Gasteiger partial charge in [0.15, 0.2) is 9.84 Å². The normalized spacial score (nSPS) is 24.5. The SMILES string of the molecule is O=S(=O)(CCO)CC1CCCCN1. The second kappa shape index (κ2) is 4.93. The highest BCUT2D eigenvalue weighted by molar-refractivity contribution is 7.91. The average molecular weight is 207 g/mol. The van der Waals surface area contributed by atoms with Gasteiger partial charge in [0, 0.05) is 6.04 Å². The minimum absolute atomic E-state index is 0.102. The van der Waals surface area contributed by atoms with Crippen molar-refractivity contribution in [3.05, 3.63) is 0 Å². The van der Waals surface area contributed by atoms with Crippen LogP contribution in [0.15, 0.2) is 0 Å². The summed E-state index contributed by atoms with van der Waals surface area (Å²) in [6.45, 7) is 0.647. The molecule has 0 radical (unpaired) electrons. The van der Waals surface area contributed by atoms with E-state index in [2.05, 4.69) is 5.32 Å². The van der Waals surface area contributed by atoms with Gasteiger partial charge in [0.05, 0.1) is 18.1 Å². The maximum atomic E-state index is 11.3. The van der Waals surface area contributed by atoms with E-state index in [-0.39, 0.29) is 24.2 Å². The first-order chi connectivity index (χ1) is 6.14. The summed E-state index contributed by atoms with van der Waals surface area (Å²) >= 11 is 0. The highest BCUT2D eigenvalue weighted by Gasteiger charge is 2.20. The molecule has 1 fully saturated rings. The molecule has 78 valence electrons. The van der Waals surface area contributed by atoms with E-state index < -0.39 is 9.84 Å². The Balaban J connectivity index is 2.37. The van der Waals surface area contributed by atoms with Crippen LogP contribution in [-0.4, -0.2) is 44.2 Å². The monoisotopic (exact) mass is 207 g/mol. The molecular formula is C8H17NO3S. The van der Waals surface area contributed by atoms with Crippen molar-refractivity contribution in [2.24, 2.45) is 0 Å².